The Kier molecular flexibility index (Phi) is 3.03. The lowest BCUT2D eigenvalue weighted by Gasteiger charge is -2.08. The predicted molar refractivity (Wildman–Crippen MR) is 70.5 cm³/mol. The Morgan fingerprint density at radius 1 is 1.42 bits per heavy atom. The zero-order valence-electron chi connectivity index (χ0n) is 10.3. The Balaban J connectivity index is 1.77. The van der Waals surface area contributed by atoms with E-state index in [0.717, 1.165) is 18.4 Å². The molecule has 1 aromatic carbocycles. The highest BCUT2D eigenvalue weighted by Crippen LogP contribution is 2.33. The summed E-state index contributed by atoms with van der Waals surface area (Å²) in [6, 6.07) is 6.61. The van der Waals surface area contributed by atoms with Crippen LogP contribution in [0.5, 0.6) is 0 Å². The van der Waals surface area contributed by atoms with Crippen molar-refractivity contribution in [2.24, 2.45) is 0 Å². The van der Waals surface area contributed by atoms with Gasteiger partial charge in [0.05, 0.1) is 0 Å². The van der Waals surface area contributed by atoms with E-state index in [0.29, 0.717) is 18.4 Å². The van der Waals surface area contributed by atoms with Gasteiger partial charge in [0, 0.05) is 25.0 Å². The second kappa shape index (κ2) is 4.84. The second-order valence-electron chi connectivity index (χ2n) is 4.70. The fourth-order valence-electron chi connectivity index (χ4n) is 2.02. The molecule has 0 amide bonds. The van der Waals surface area contributed by atoms with Gasteiger partial charge in [-0.3, -0.25) is 4.79 Å². The maximum Gasteiger partial charge on any atom is 0.293 e. The molecule has 98 valence electrons. The van der Waals surface area contributed by atoms with E-state index in [2.05, 4.69) is 10.3 Å². The number of hydrogen-bond acceptors (Lipinski definition) is 3. The molecule has 1 heterocycles. The van der Waals surface area contributed by atoms with Crippen LogP contribution in [0.15, 0.2) is 41.5 Å². The average Bonchev–Trinajstić information content (AvgIpc) is 3.22. The summed E-state index contributed by atoms with van der Waals surface area (Å²) in [5.74, 6) is 0.0365. The summed E-state index contributed by atoms with van der Waals surface area (Å²) in [5.41, 5.74) is 0.671. The topological polar surface area (TPSA) is 46.9 Å². The predicted octanol–water partition coefficient (Wildman–Crippen LogP) is 2.33. The summed E-state index contributed by atoms with van der Waals surface area (Å²) >= 11 is 0. The number of benzene rings is 1. The van der Waals surface area contributed by atoms with Crippen LogP contribution in [0.3, 0.4) is 0 Å². The fourth-order valence-corrected chi connectivity index (χ4v) is 2.02. The van der Waals surface area contributed by atoms with E-state index in [1.54, 1.807) is 29.1 Å². The molecule has 1 saturated carbocycles. The van der Waals surface area contributed by atoms with E-state index >= 15 is 0 Å². The SMILES string of the molecule is O=c1c(NCc2cccc(F)c2)nccn1C1CC1. The molecule has 1 aliphatic rings. The van der Waals surface area contributed by atoms with Crippen LogP contribution in [0.1, 0.15) is 24.4 Å². The molecule has 1 N–H and O–H groups in total. The van der Waals surface area contributed by atoms with Gasteiger partial charge in [-0.1, -0.05) is 12.1 Å². The Hall–Kier alpha value is -2.17. The first-order chi connectivity index (χ1) is 9.24. The van der Waals surface area contributed by atoms with Crippen LogP contribution in [0.25, 0.3) is 0 Å². The van der Waals surface area contributed by atoms with Crippen LogP contribution in [0.4, 0.5) is 10.2 Å². The minimum Gasteiger partial charge on any atom is -0.361 e. The van der Waals surface area contributed by atoms with Crippen LogP contribution in [0, 0.1) is 5.82 Å². The van der Waals surface area contributed by atoms with Gasteiger partial charge in [-0.2, -0.15) is 0 Å². The lowest BCUT2D eigenvalue weighted by Crippen LogP contribution is -2.23. The molecule has 0 unspecified atom stereocenters. The molecule has 0 radical (unpaired) electrons. The summed E-state index contributed by atoms with van der Waals surface area (Å²) in [7, 11) is 0. The first kappa shape index (κ1) is 11.9. The van der Waals surface area contributed by atoms with Crippen molar-refractivity contribution in [1.82, 2.24) is 9.55 Å². The number of nitrogens with zero attached hydrogens (tertiary/aromatic N) is 2. The van der Waals surface area contributed by atoms with E-state index in [4.69, 9.17) is 0 Å². The molecular formula is C14H14FN3O. The number of halogens is 1. The Morgan fingerprint density at radius 2 is 2.26 bits per heavy atom. The Morgan fingerprint density at radius 3 is 3.00 bits per heavy atom. The summed E-state index contributed by atoms with van der Waals surface area (Å²) in [4.78, 5) is 16.2. The van der Waals surface area contributed by atoms with Crippen LogP contribution < -0.4 is 10.9 Å². The zero-order chi connectivity index (χ0) is 13.2. The normalized spacial score (nSPS) is 14.4. The molecule has 5 heteroatoms. The monoisotopic (exact) mass is 259 g/mol. The molecule has 0 saturated heterocycles. The van der Waals surface area contributed by atoms with Gasteiger partial charge in [0.15, 0.2) is 5.82 Å². The third-order valence-corrected chi connectivity index (χ3v) is 3.16. The van der Waals surface area contributed by atoms with Crippen molar-refractivity contribution in [3.05, 3.63) is 58.4 Å². The van der Waals surface area contributed by atoms with Gasteiger partial charge in [0.1, 0.15) is 5.82 Å². The number of hydrogen-bond donors (Lipinski definition) is 1. The minimum absolute atomic E-state index is 0.110. The number of rotatable bonds is 4. The van der Waals surface area contributed by atoms with E-state index < -0.39 is 0 Å². The van der Waals surface area contributed by atoms with E-state index in [-0.39, 0.29) is 11.4 Å². The van der Waals surface area contributed by atoms with Gasteiger partial charge in [0.25, 0.3) is 5.56 Å². The van der Waals surface area contributed by atoms with Gasteiger partial charge in [0.2, 0.25) is 0 Å². The van der Waals surface area contributed by atoms with Crippen molar-refractivity contribution in [2.75, 3.05) is 5.32 Å². The van der Waals surface area contributed by atoms with Crippen molar-refractivity contribution in [3.8, 4) is 0 Å². The molecule has 1 fully saturated rings. The van der Waals surface area contributed by atoms with Gasteiger partial charge >= 0.3 is 0 Å². The lowest BCUT2D eigenvalue weighted by atomic mass is 10.2. The van der Waals surface area contributed by atoms with E-state index in [1.165, 1.54) is 12.1 Å². The maximum absolute atomic E-state index is 13.0. The highest BCUT2D eigenvalue weighted by atomic mass is 19.1. The van der Waals surface area contributed by atoms with Crippen LogP contribution in [0.2, 0.25) is 0 Å². The highest BCUT2D eigenvalue weighted by molar-refractivity contribution is 5.33. The van der Waals surface area contributed by atoms with Crippen LogP contribution in [-0.4, -0.2) is 9.55 Å². The molecule has 3 rings (SSSR count). The molecule has 0 atom stereocenters. The van der Waals surface area contributed by atoms with Gasteiger partial charge in [-0.25, -0.2) is 9.37 Å². The number of aromatic nitrogens is 2. The summed E-state index contributed by atoms with van der Waals surface area (Å²) in [6.45, 7) is 0.384. The summed E-state index contributed by atoms with van der Waals surface area (Å²) < 4.78 is 14.8. The highest BCUT2D eigenvalue weighted by Gasteiger charge is 2.25. The van der Waals surface area contributed by atoms with Gasteiger partial charge < -0.3 is 9.88 Å². The number of anilines is 1. The lowest BCUT2D eigenvalue weighted by molar-refractivity contribution is 0.626. The largest absolute Gasteiger partial charge is 0.361 e. The maximum atomic E-state index is 13.0. The molecule has 0 aliphatic heterocycles. The van der Waals surface area contributed by atoms with Gasteiger partial charge in [-0.15, -0.1) is 0 Å². The molecule has 2 aromatic rings. The summed E-state index contributed by atoms with van der Waals surface area (Å²) in [5, 5.41) is 2.97. The third kappa shape index (κ3) is 2.65. The molecule has 0 spiro atoms. The Bertz CT molecular complexity index is 649. The molecule has 1 aliphatic carbocycles. The average molecular weight is 259 g/mol. The van der Waals surface area contributed by atoms with Crippen LogP contribution in [-0.2, 0) is 6.54 Å². The molecule has 19 heavy (non-hydrogen) atoms. The Labute approximate surface area is 109 Å². The fraction of sp³-hybridized carbons (Fsp3) is 0.286. The zero-order valence-corrected chi connectivity index (χ0v) is 10.3. The smallest absolute Gasteiger partial charge is 0.293 e. The second-order valence-corrected chi connectivity index (χ2v) is 4.70. The quantitative estimate of drug-likeness (QED) is 0.916. The first-order valence-electron chi connectivity index (χ1n) is 6.29. The first-order valence-corrected chi connectivity index (χ1v) is 6.29. The molecule has 1 aromatic heterocycles. The van der Waals surface area contributed by atoms with E-state index in [1.807, 2.05) is 0 Å². The van der Waals surface area contributed by atoms with Crippen molar-refractivity contribution in [3.63, 3.8) is 0 Å². The van der Waals surface area contributed by atoms with Crippen molar-refractivity contribution in [1.29, 1.82) is 0 Å². The van der Waals surface area contributed by atoms with E-state index in [9.17, 15) is 9.18 Å². The number of nitrogens with one attached hydrogen (secondary N) is 1. The third-order valence-electron chi connectivity index (χ3n) is 3.16. The van der Waals surface area contributed by atoms with Crippen molar-refractivity contribution < 1.29 is 4.39 Å². The standard InChI is InChI=1S/C14H14FN3O/c15-11-3-1-2-10(8-11)9-17-13-14(19)18(7-6-16-13)12-4-5-12/h1-3,6-8,12H,4-5,9H2,(H,16,17). The molecule has 4 nitrogen and oxygen atoms in total. The molecule has 0 bridgehead atoms. The van der Waals surface area contributed by atoms with Crippen molar-refractivity contribution >= 4 is 5.82 Å². The van der Waals surface area contributed by atoms with Gasteiger partial charge in [-0.05, 0) is 30.5 Å². The van der Waals surface area contributed by atoms with Crippen LogP contribution >= 0.6 is 0 Å². The van der Waals surface area contributed by atoms with Crippen molar-refractivity contribution in [2.45, 2.75) is 25.4 Å². The summed E-state index contributed by atoms with van der Waals surface area (Å²) in [6.07, 6.45) is 5.43. The molecular weight excluding hydrogens is 245 g/mol. The minimum atomic E-state index is -0.282.